The molecular formula is C53H35N3O. The van der Waals surface area contributed by atoms with E-state index in [1.807, 2.05) is 6.07 Å². The SMILES string of the molecule is c1ccc(-c2cccc3c2oc2cccc(-c4ccccc4C4N=C(c5ccc(-c6ccc7ccccc7c6)cc5)NC(c5ccc6ccccc6c5)=N4)c23)cc1. The van der Waals surface area contributed by atoms with E-state index in [-0.39, 0.29) is 0 Å². The fourth-order valence-corrected chi connectivity index (χ4v) is 8.29. The van der Waals surface area contributed by atoms with Gasteiger partial charge in [0.25, 0.3) is 0 Å². The van der Waals surface area contributed by atoms with Crippen molar-refractivity contribution in [1.82, 2.24) is 5.32 Å². The van der Waals surface area contributed by atoms with Gasteiger partial charge in [0.05, 0.1) is 0 Å². The van der Waals surface area contributed by atoms with Crippen molar-refractivity contribution in [3.63, 3.8) is 0 Å². The molecule has 4 heteroatoms. The number of nitrogens with one attached hydrogen (secondary N) is 1. The predicted octanol–water partition coefficient (Wildman–Crippen LogP) is 13.4. The molecule has 0 spiro atoms. The second-order valence-electron chi connectivity index (χ2n) is 14.6. The third-order valence-corrected chi connectivity index (χ3v) is 11.1. The Morgan fingerprint density at radius 3 is 1.72 bits per heavy atom. The van der Waals surface area contributed by atoms with Crippen molar-refractivity contribution in [3.05, 3.63) is 217 Å². The summed E-state index contributed by atoms with van der Waals surface area (Å²) in [7, 11) is 0. The number of para-hydroxylation sites is 1. The number of nitrogens with zero attached hydrogens (tertiary/aromatic N) is 2. The molecule has 0 saturated heterocycles. The number of rotatable bonds is 6. The van der Waals surface area contributed by atoms with Gasteiger partial charge in [0, 0.05) is 33.0 Å². The molecule has 10 aromatic rings. The highest BCUT2D eigenvalue weighted by atomic mass is 16.3. The maximum Gasteiger partial charge on any atom is 0.170 e. The maximum absolute atomic E-state index is 6.67. The van der Waals surface area contributed by atoms with Crippen molar-refractivity contribution in [2.24, 2.45) is 9.98 Å². The Morgan fingerprint density at radius 2 is 0.947 bits per heavy atom. The minimum atomic E-state index is -0.507. The van der Waals surface area contributed by atoms with Crippen LogP contribution in [0.5, 0.6) is 0 Å². The fraction of sp³-hybridized carbons (Fsp3) is 0.0189. The number of aliphatic imine (C=N–C) groups is 2. The van der Waals surface area contributed by atoms with Crippen molar-refractivity contribution in [2.45, 2.75) is 6.17 Å². The van der Waals surface area contributed by atoms with Crippen LogP contribution in [-0.4, -0.2) is 11.7 Å². The lowest BCUT2D eigenvalue weighted by Gasteiger charge is -2.24. The van der Waals surface area contributed by atoms with Crippen LogP contribution < -0.4 is 5.32 Å². The lowest BCUT2D eigenvalue weighted by molar-refractivity contribution is 0.670. The Labute approximate surface area is 330 Å². The molecule has 268 valence electrons. The average molecular weight is 730 g/mol. The minimum Gasteiger partial charge on any atom is -0.455 e. The first-order valence-corrected chi connectivity index (χ1v) is 19.3. The van der Waals surface area contributed by atoms with Crippen LogP contribution in [0.25, 0.3) is 76.9 Å². The maximum atomic E-state index is 6.67. The summed E-state index contributed by atoms with van der Waals surface area (Å²) in [6.07, 6.45) is -0.507. The van der Waals surface area contributed by atoms with Gasteiger partial charge in [-0.2, -0.15) is 0 Å². The Hall–Kier alpha value is -7.56. The molecule has 1 N–H and O–H groups in total. The first kappa shape index (κ1) is 32.8. The number of hydrogen-bond acceptors (Lipinski definition) is 4. The highest BCUT2D eigenvalue weighted by Crippen LogP contribution is 2.43. The molecule has 0 bridgehead atoms. The molecule has 1 unspecified atom stereocenters. The van der Waals surface area contributed by atoms with Gasteiger partial charge in [-0.15, -0.1) is 0 Å². The van der Waals surface area contributed by atoms with Crippen molar-refractivity contribution < 1.29 is 4.42 Å². The smallest absolute Gasteiger partial charge is 0.170 e. The second-order valence-corrected chi connectivity index (χ2v) is 14.6. The minimum absolute atomic E-state index is 0.507. The van der Waals surface area contributed by atoms with Crippen LogP contribution in [0.3, 0.4) is 0 Å². The van der Waals surface area contributed by atoms with E-state index in [0.717, 1.165) is 83.5 Å². The van der Waals surface area contributed by atoms with Gasteiger partial charge in [0.2, 0.25) is 0 Å². The Morgan fingerprint density at radius 1 is 0.386 bits per heavy atom. The highest BCUT2D eigenvalue weighted by Gasteiger charge is 2.25. The van der Waals surface area contributed by atoms with Crippen molar-refractivity contribution in [1.29, 1.82) is 0 Å². The van der Waals surface area contributed by atoms with Gasteiger partial charge in [-0.05, 0) is 67.6 Å². The molecule has 2 heterocycles. The van der Waals surface area contributed by atoms with Crippen LogP contribution in [0.15, 0.2) is 215 Å². The van der Waals surface area contributed by atoms with Crippen LogP contribution in [0.2, 0.25) is 0 Å². The van der Waals surface area contributed by atoms with E-state index in [2.05, 4.69) is 199 Å². The quantitative estimate of drug-likeness (QED) is 0.185. The van der Waals surface area contributed by atoms with Gasteiger partial charge in [-0.25, -0.2) is 9.98 Å². The number of furan rings is 1. The Balaban J connectivity index is 1.05. The van der Waals surface area contributed by atoms with E-state index < -0.39 is 6.17 Å². The monoisotopic (exact) mass is 729 g/mol. The van der Waals surface area contributed by atoms with E-state index >= 15 is 0 Å². The standard InChI is InChI=1S/C53H35N3O/c1-2-14-37(15-3-1)43-20-10-22-47-49-45(21-11-23-48(49)57-50(43)47)44-18-8-9-19-46(44)53-55-51(54-52(56-53)42-31-27-35-13-5-7-17-40(35)33-42)38-28-24-36(25-29-38)41-30-26-34-12-4-6-16-39(34)32-41/h1-33,53H,(H,54,55,56). The van der Waals surface area contributed by atoms with Gasteiger partial charge in [-0.3, -0.25) is 0 Å². The number of fused-ring (bicyclic) bond motifs is 5. The van der Waals surface area contributed by atoms with Gasteiger partial charge >= 0.3 is 0 Å². The number of amidine groups is 2. The summed E-state index contributed by atoms with van der Waals surface area (Å²) in [5.74, 6) is 1.56. The van der Waals surface area contributed by atoms with E-state index in [9.17, 15) is 0 Å². The number of hydrogen-bond donors (Lipinski definition) is 1. The van der Waals surface area contributed by atoms with Gasteiger partial charge in [-0.1, -0.05) is 182 Å². The third kappa shape index (κ3) is 5.87. The lowest BCUT2D eigenvalue weighted by Crippen LogP contribution is -2.36. The average Bonchev–Trinajstić information content (AvgIpc) is 3.68. The molecular weight excluding hydrogens is 695 g/mol. The molecule has 1 atom stereocenters. The first-order valence-electron chi connectivity index (χ1n) is 19.3. The molecule has 1 aliphatic heterocycles. The molecule has 0 radical (unpaired) electrons. The summed E-state index contributed by atoms with van der Waals surface area (Å²) in [6.45, 7) is 0. The van der Waals surface area contributed by atoms with Crippen LogP contribution in [0.4, 0.5) is 0 Å². The summed E-state index contributed by atoms with van der Waals surface area (Å²) >= 11 is 0. The van der Waals surface area contributed by atoms with Gasteiger partial charge in [0.1, 0.15) is 22.8 Å². The molecule has 0 amide bonds. The molecule has 0 aliphatic carbocycles. The summed E-state index contributed by atoms with van der Waals surface area (Å²) in [5.41, 5.74) is 11.4. The zero-order chi connectivity index (χ0) is 37.7. The van der Waals surface area contributed by atoms with E-state index in [1.165, 1.54) is 21.7 Å². The van der Waals surface area contributed by atoms with E-state index in [4.69, 9.17) is 14.4 Å². The zero-order valence-corrected chi connectivity index (χ0v) is 30.9. The summed E-state index contributed by atoms with van der Waals surface area (Å²) in [4.78, 5) is 10.7. The Kier molecular flexibility index (Phi) is 7.85. The first-order chi connectivity index (χ1) is 28.2. The van der Waals surface area contributed by atoms with E-state index in [1.54, 1.807) is 0 Å². The van der Waals surface area contributed by atoms with Crippen molar-refractivity contribution in [2.75, 3.05) is 0 Å². The zero-order valence-electron chi connectivity index (χ0n) is 30.9. The van der Waals surface area contributed by atoms with Crippen LogP contribution in [-0.2, 0) is 0 Å². The topological polar surface area (TPSA) is 49.9 Å². The molecule has 9 aromatic carbocycles. The second kappa shape index (κ2) is 13.6. The molecule has 1 aliphatic rings. The predicted molar refractivity (Wildman–Crippen MR) is 237 cm³/mol. The fourth-order valence-electron chi connectivity index (χ4n) is 8.29. The molecule has 4 nitrogen and oxygen atoms in total. The normalized spacial score (nSPS) is 14.1. The van der Waals surface area contributed by atoms with Gasteiger partial charge in [0.15, 0.2) is 6.17 Å². The van der Waals surface area contributed by atoms with Crippen molar-refractivity contribution >= 4 is 55.2 Å². The van der Waals surface area contributed by atoms with Crippen LogP contribution in [0.1, 0.15) is 22.9 Å². The summed E-state index contributed by atoms with van der Waals surface area (Å²) < 4.78 is 6.67. The molecule has 0 saturated carbocycles. The molecule has 1 aromatic heterocycles. The molecule has 0 fully saturated rings. The Bertz CT molecular complexity index is 3210. The van der Waals surface area contributed by atoms with E-state index in [0.29, 0.717) is 0 Å². The lowest BCUT2D eigenvalue weighted by atomic mass is 9.93. The van der Waals surface area contributed by atoms with Crippen molar-refractivity contribution in [3.8, 4) is 33.4 Å². The van der Waals surface area contributed by atoms with Crippen LogP contribution in [0, 0.1) is 0 Å². The molecule has 57 heavy (non-hydrogen) atoms. The largest absolute Gasteiger partial charge is 0.455 e. The highest BCUT2D eigenvalue weighted by molar-refractivity contribution is 6.18. The third-order valence-electron chi connectivity index (χ3n) is 11.1. The number of benzene rings is 9. The van der Waals surface area contributed by atoms with Crippen LogP contribution >= 0.6 is 0 Å². The molecule has 11 rings (SSSR count). The summed E-state index contributed by atoms with van der Waals surface area (Å²) in [5, 5.41) is 10.6. The summed E-state index contributed by atoms with van der Waals surface area (Å²) in [6, 6.07) is 70.5. The van der Waals surface area contributed by atoms with Gasteiger partial charge < -0.3 is 9.73 Å².